The molecule has 0 aromatic rings. The van der Waals surface area contributed by atoms with Gasteiger partial charge in [0.15, 0.2) is 12.4 Å². The van der Waals surface area contributed by atoms with E-state index in [2.05, 4.69) is 38.2 Å². The number of aliphatic carboxylic acids is 1. The second-order valence-corrected chi connectivity index (χ2v) is 17.1. The fourth-order valence-corrected chi connectivity index (χ4v) is 6.51. The molecule has 0 fully saturated rings. The first-order chi connectivity index (χ1) is 27.6. The van der Waals surface area contributed by atoms with E-state index >= 15 is 0 Å². The predicted molar refractivity (Wildman–Crippen MR) is 233 cm³/mol. The number of carboxylic acid groups (broad SMARTS) is 1. The Hall–Kier alpha value is -2.23. The van der Waals surface area contributed by atoms with E-state index in [1.54, 1.807) is 0 Å². The summed E-state index contributed by atoms with van der Waals surface area (Å²) in [6, 6.07) is 0. The highest BCUT2D eigenvalue weighted by Gasteiger charge is 2.21. The van der Waals surface area contributed by atoms with Gasteiger partial charge in [0.25, 0.3) is 0 Å². The number of hydrogen-bond acceptors (Lipinski definition) is 8. The molecule has 0 radical (unpaired) electrons. The molecule has 0 saturated heterocycles. The van der Waals surface area contributed by atoms with Crippen molar-refractivity contribution in [3.63, 3.8) is 0 Å². The molecule has 0 heterocycles. The molecule has 0 aromatic carbocycles. The number of quaternary nitrogens is 1. The van der Waals surface area contributed by atoms with Gasteiger partial charge in [0.2, 0.25) is 0 Å². The summed E-state index contributed by atoms with van der Waals surface area (Å²) in [6.07, 6.45) is 41.0. The second-order valence-electron chi connectivity index (χ2n) is 17.1. The summed E-state index contributed by atoms with van der Waals surface area (Å²) < 4.78 is 22.5. The lowest BCUT2D eigenvalue weighted by molar-refractivity contribution is -0.870. The first-order valence-corrected chi connectivity index (χ1v) is 23.5. The number of ether oxygens (including phenoxy) is 4. The van der Waals surface area contributed by atoms with Gasteiger partial charge in [0, 0.05) is 12.8 Å². The minimum atomic E-state index is -1.61. The Kier molecular flexibility index (Phi) is 39.0. The number of carbonyl (C=O) groups excluding carboxylic acids is 3. The van der Waals surface area contributed by atoms with Crippen LogP contribution < -0.4 is 5.11 Å². The number of unbranched alkanes of at least 4 members (excludes halogenated alkanes) is 24. The molecule has 0 amide bonds. The molecule has 0 aliphatic heterocycles. The molecule has 334 valence electrons. The van der Waals surface area contributed by atoms with E-state index in [1.165, 1.54) is 135 Å². The number of allylic oxidation sites excluding steroid dienone is 4. The molecule has 0 spiro atoms. The molecule has 2 atom stereocenters. The zero-order valence-electron chi connectivity index (χ0n) is 37.7. The van der Waals surface area contributed by atoms with Crippen LogP contribution in [0.3, 0.4) is 0 Å². The van der Waals surface area contributed by atoms with Gasteiger partial charge in [-0.15, -0.1) is 0 Å². The smallest absolute Gasteiger partial charge is 0.306 e. The average Bonchev–Trinajstić information content (AvgIpc) is 3.17. The van der Waals surface area contributed by atoms with Crippen molar-refractivity contribution in [2.45, 2.75) is 219 Å². The molecule has 9 heteroatoms. The molecule has 0 N–H and O–H groups in total. The van der Waals surface area contributed by atoms with E-state index < -0.39 is 24.3 Å². The third kappa shape index (κ3) is 41.7. The van der Waals surface area contributed by atoms with Crippen LogP contribution in [-0.2, 0) is 33.3 Å². The lowest BCUT2D eigenvalue weighted by Crippen LogP contribution is -2.44. The molecule has 57 heavy (non-hydrogen) atoms. The van der Waals surface area contributed by atoms with Gasteiger partial charge in [-0.3, -0.25) is 9.59 Å². The average molecular weight is 808 g/mol. The zero-order chi connectivity index (χ0) is 42.1. The van der Waals surface area contributed by atoms with Crippen LogP contribution in [0.1, 0.15) is 206 Å². The standard InChI is InChI=1S/C48H89NO8/c1-6-8-10-12-14-15-16-17-18-19-20-21-22-23-24-25-26-27-28-29-30-31-33-35-37-39-46(51)57-44(42-55-45(50)38-36-34-32-13-11-9-7-2)43-56-48(47(52)53)54-41-40-49(3,4)5/h16-17,19-20,44,48H,6-15,18,21-43H2,1-5H3/b17-16-,20-19-. The monoisotopic (exact) mass is 808 g/mol. The van der Waals surface area contributed by atoms with Crippen LogP contribution in [0.15, 0.2) is 24.3 Å². The van der Waals surface area contributed by atoms with E-state index in [9.17, 15) is 19.5 Å². The van der Waals surface area contributed by atoms with Crippen LogP contribution >= 0.6 is 0 Å². The van der Waals surface area contributed by atoms with E-state index in [0.717, 1.165) is 38.5 Å². The Morgan fingerprint density at radius 1 is 0.526 bits per heavy atom. The van der Waals surface area contributed by atoms with Crippen molar-refractivity contribution >= 4 is 17.9 Å². The Balaban J connectivity index is 4.16. The van der Waals surface area contributed by atoms with Gasteiger partial charge in [0.1, 0.15) is 13.2 Å². The molecule has 0 bridgehead atoms. The lowest BCUT2D eigenvalue weighted by Gasteiger charge is -2.26. The van der Waals surface area contributed by atoms with E-state index in [-0.39, 0.29) is 32.2 Å². The SMILES string of the molecule is CCCCCCC/C=C\C/C=C\CCCCCCCCCCCCCCCC(=O)OC(COC(=O)CCCCCCCCC)COC(OCC[N+](C)(C)C)C(=O)[O-]. The Morgan fingerprint density at radius 3 is 1.39 bits per heavy atom. The Labute approximate surface area is 350 Å². The number of nitrogens with zero attached hydrogens (tertiary/aromatic N) is 1. The summed E-state index contributed by atoms with van der Waals surface area (Å²) in [4.78, 5) is 36.8. The second kappa shape index (κ2) is 40.5. The number of rotatable bonds is 43. The first-order valence-electron chi connectivity index (χ1n) is 23.5. The van der Waals surface area contributed by atoms with Crippen LogP contribution in [0, 0.1) is 0 Å². The van der Waals surface area contributed by atoms with Gasteiger partial charge in [-0.05, 0) is 44.9 Å². The minimum Gasteiger partial charge on any atom is -0.545 e. The van der Waals surface area contributed by atoms with Crippen molar-refractivity contribution in [1.82, 2.24) is 0 Å². The molecular formula is C48H89NO8. The van der Waals surface area contributed by atoms with Gasteiger partial charge in [-0.1, -0.05) is 173 Å². The van der Waals surface area contributed by atoms with Crippen LogP contribution in [0.2, 0.25) is 0 Å². The number of carbonyl (C=O) groups is 3. The van der Waals surface area contributed by atoms with Gasteiger partial charge in [-0.25, -0.2) is 0 Å². The van der Waals surface area contributed by atoms with Crippen LogP contribution in [0.4, 0.5) is 0 Å². The van der Waals surface area contributed by atoms with Crippen molar-refractivity contribution < 1.29 is 42.9 Å². The van der Waals surface area contributed by atoms with Gasteiger partial charge < -0.3 is 33.3 Å². The van der Waals surface area contributed by atoms with Crippen LogP contribution in [-0.4, -0.2) is 82.3 Å². The number of likely N-dealkylation sites (N-methyl/N-ethyl adjacent to an activating group) is 1. The van der Waals surface area contributed by atoms with Gasteiger partial charge in [0.05, 0.1) is 40.3 Å². The largest absolute Gasteiger partial charge is 0.545 e. The zero-order valence-corrected chi connectivity index (χ0v) is 37.7. The molecular weight excluding hydrogens is 719 g/mol. The highest BCUT2D eigenvalue weighted by atomic mass is 16.7. The molecule has 9 nitrogen and oxygen atoms in total. The van der Waals surface area contributed by atoms with E-state index in [4.69, 9.17) is 18.9 Å². The van der Waals surface area contributed by atoms with Gasteiger partial charge >= 0.3 is 11.9 Å². The lowest BCUT2D eigenvalue weighted by atomic mass is 10.0. The molecule has 0 saturated carbocycles. The minimum absolute atomic E-state index is 0.149. The number of hydrogen-bond donors (Lipinski definition) is 0. The predicted octanol–water partition coefficient (Wildman–Crippen LogP) is 11.1. The van der Waals surface area contributed by atoms with Crippen molar-refractivity contribution in [2.24, 2.45) is 0 Å². The van der Waals surface area contributed by atoms with E-state index in [0.29, 0.717) is 23.9 Å². The highest BCUT2D eigenvalue weighted by Crippen LogP contribution is 2.15. The maximum absolute atomic E-state index is 12.7. The summed E-state index contributed by atoms with van der Waals surface area (Å²) >= 11 is 0. The maximum Gasteiger partial charge on any atom is 0.306 e. The Morgan fingerprint density at radius 2 is 0.947 bits per heavy atom. The van der Waals surface area contributed by atoms with Gasteiger partial charge in [-0.2, -0.15) is 0 Å². The molecule has 0 aliphatic rings. The quantitative estimate of drug-likeness (QED) is 0.0197. The van der Waals surface area contributed by atoms with Crippen LogP contribution in [0.25, 0.3) is 0 Å². The topological polar surface area (TPSA) is 111 Å². The molecule has 2 unspecified atom stereocenters. The maximum atomic E-state index is 12.7. The van der Waals surface area contributed by atoms with E-state index in [1.807, 2.05) is 21.1 Å². The summed E-state index contributed by atoms with van der Waals surface area (Å²) in [6.45, 7) is 4.69. The Bertz CT molecular complexity index is 991. The van der Waals surface area contributed by atoms with Crippen LogP contribution in [0.5, 0.6) is 0 Å². The summed E-state index contributed by atoms with van der Waals surface area (Å²) in [7, 11) is 5.90. The van der Waals surface area contributed by atoms with Crippen molar-refractivity contribution in [3.8, 4) is 0 Å². The van der Waals surface area contributed by atoms with Crippen molar-refractivity contribution in [3.05, 3.63) is 24.3 Å². The first kappa shape index (κ1) is 54.8. The summed E-state index contributed by atoms with van der Waals surface area (Å²) in [5.74, 6) is -2.29. The molecule has 0 aromatic heterocycles. The number of carboxylic acids is 1. The molecule has 0 rings (SSSR count). The van der Waals surface area contributed by atoms with Crippen molar-refractivity contribution in [2.75, 3.05) is 47.5 Å². The number of esters is 2. The molecule has 0 aliphatic carbocycles. The summed E-state index contributed by atoms with van der Waals surface area (Å²) in [5.41, 5.74) is 0. The third-order valence-corrected chi connectivity index (χ3v) is 10.2. The fourth-order valence-electron chi connectivity index (χ4n) is 6.51. The summed E-state index contributed by atoms with van der Waals surface area (Å²) in [5, 5.41) is 11.7. The third-order valence-electron chi connectivity index (χ3n) is 10.2. The fraction of sp³-hybridized carbons (Fsp3) is 0.854. The normalized spacial score (nSPS) is 13.1. The highest BCUT2D eigenvalue weighted by molar-refractivity contribution is 5.70. The van der Waals surface area contributed by atoms with Crippen molar-refractivity contribution in [1.29, 1.82) is 0 Å².